The van der Waals surface area contributed by atoms with Crippen molar-refractivity contribution in [1.82, 2.24) is 10.2 Å². The van der Waals surface area contributed by atoms with Crippen LogP contribution in [0.4, 0.5) is 4.79 Å². The van der Waals surface area contributed by atoms with Gasteiger partial charge < -0.3 is 10.1 Å². The molecule has 0 radical (unpaired) electrons. The lowest BCUT2D eigenvalue weighted by Crippen LogP contribution is -2.40. The summed E-state index contributed by atoms with van der Waals surface area (Å²) in [5.41, 5.74) is 0.805. The molecule has 1 aromatic heterocycles. The van der Waals surface area contributed by atoms with Gasteiger partial charge in [-0.05, 0) is 23.1 Å². The number of thiophene rings is 1. The molecule has 1 N–H and O–H groups in total. The van der Waals surface area contributed by atoms with Crippen LogP contribution in [-0.4, -0.2) is 36.0 Å². The first kappa shape index (κ1) is 17.2. The number of imide groups is 1. The Bertz CT molecular complexity index is 966. The molecule has 3 amide bonds. The van der Waals surface area contributed by atoms with Crippen molar-refractivity contribution in [3.8, 4) is 0 Å². The van der Waals surface area contributed by atoms with E-state index in [1.54, 1.807) is 0 Å². The molecule has 0 spiro atoms. The monoisotopic (exact) mass is 380 g/mol. The van der Waals surface area contributed by atoms with E-state index in [2.05, 4.69) is 5.32 Å². The van der Waals surface area contributed by atoms with Crippen LogP contribution in [0.25, 0.3) is 10.1 Å². The number of hydrogen-bond acceptors (Lipinski definition) is 5. The second-order valence-corrected chi connectivity index (χ2v) is 7.23. The minimum atomic E-state index is -0.683. The Morgan fingerprint density at radius 3 is 2.56 bits per heavy atom. The molecule has 1 atom stereocenters. The maximum atomic E-state index is 12.8. The molecule has 0 aliphatic carbocycles. The highest BCUT2D eigenvalue weighted by Crippen LogP contribution is 2.26. The van der Waals surface area contributed by atoms with Crippen molar-refractivity contribution >= 4 is 39.3 Å². The maximum Gasteiger partial charge on any atom is 0.417 e. The molecule has 136 valence electrons. The highest BCUT2D eigenvalue weighted by Gasteiger charge is 2.34. The van der Waals surface area contributed by atoms with Crippen LogP contribution in [0.3, 0.4) is 0 Å². The van der Waals surface area contributed by atoms with Crippen LogP contribution in [0.1, 0.15) is 21.3 Å². The number of carbonyl (C=O) groups excluding carboxylic acids is 3. The molecule has 1 aliphatic rings. The van der Waals surface area contributed by atoms with Gasteiger partial charge in [-0.25, -0.2) is 9.69 Å². The predicted molar refractivity (Wildman–Crippen MR) is 102 cm³/mol. The number of cyclic esters (lactones) is 1. The molecule has 7 heteroatoms. The Morgan fingerprint density at radius 2 is 1.85 bits per heavy atom. The number of amides is 3. The van der Waals surface area contributed by atoms with Gasteiger partial charge in [0.2, 0.25) is 0 Å². The summed E-state index contributed by atoms with van der Waals surface area (Å²) in [5, 5.41) is 3.95. The van der Waals surface area contributed by atoms with Crippen LogP contribution >= 0.6 is 11.3 Å². The minimum absolute atomic E-state index is 0.0261. The molecule has 4 rings (SSSR count). The van der Waals surface area contributed by atoms with Crippen molar-refractivity contribution in [2.45, 2.75) is 6.04 Å². The van der Waals surface area contributed by atoms with Crippen LogP contribution in [0.15, 0.2) is 60.7 Å². The van der Waals surface area contributed by atoms with E-state index in [0.29, 0.717) is 4.88 Å². The van der Waals surface area contributed by atoms with Crippen molar-refractivity contribution in [1.29, 1.82) is 0 Å². The molecule has 2 aromatic carbocycles. The summed E-state index contributed by atoms with van der Waals surface area (Å²) in [6, 6.07) is 18.3. The standard InChI is InChI=1S/C20H16N2O4S/c23-18-12-26-20(25)22(18)11-15(13-6-2-1-3-7-13)21-19(24)17-10-14-8-4-5-9-16(14)27-17/h1-10,15H,11-12H2,(H,21,24)/t15-/m1/s1. The van der Waals surface area contributed by atoms with E-state index in [0.717, 1.165) is 20.5 Å². The van der Waals surface area contributed by atoms with Crippen molar-refractivity contribution in [2.75, 3.05) is 13.2 Å². The Kier molecular flexibility index (Phi) is 4.60. The van der Waals surface area contributed by atoms with Crippen LogP contribution in [0, 0.1) is 0 Å². The lowest BCUT2D eigenvalue weighted by atomic mass is 10.1. The lowest BCUT2D eigenvalue weighted by Gasteiger charge is -2.22. The number of ether oxygens (including phenoxy) is 1. The van der Waals surface area contributed by atoms with E-state index in [-0.39, 0.29) is 19.1 Å². The van der Waals surface area contributed by atoms with Gasteiger partial charge in [0.25, 0.3) is 11.8 Å². The van der Waals surface area contributed by atoms with Crippen molar-refractivity contribution < 1.29 is 19.1 Å². The summed E-state index contributed by atoms with van der Waals surface area (Å²) < 4.78 is 5.80. The predicted octanol–water partition coefficient (Wildman–Crippen LogP) is 3.35. The Morgan fingerprint density at radius 1 is 1.11 bits per heavy atom. The first-order valence-corrected chi connectivity index (χ1v) is 9.25. The Balaban J connectivity index is 1.59. The third kappa shape index (κ3) is 3.54. The zero-order chi connectivity index (χ0) is 18.8. The summed E-state index contributed by atoms with van der Waals surface area (Å²) >= 11 is 1.40. The molecule has 2 heterocycles. The molecular formula is C20H16N2O4S. The van der Waals surface area contributed by atoms with Gasteiger partial charge in [-0.2, -0.15) is 0 Å². The molecule has 0 saturated carbocycles. The normalized spacial score (nSPS) is 15.0. The molecule has 0 bridgehead atoms. The van der Waals surface area contributed by atoms with Gasteiger partial charge in [0.05, 0.1) is 17.5 Å². The van der Waals surface area contributed by atoms with Gasteiger partial charge in [0.1, 0.15) is 0 Å². The van der Waals surface area contributed by atoms with E-state index in [4.69, 9.17) is 4.74 Å². The first-order chi connectivity index (χ1) is 13.1. The summed E-state index contributed by atoms with van der Waals surface area (Å²) in [4.78, 5) is 38.1. The molecule has 27 heavy (non-hydrogen) atoms. The van der Waals surface area contributed by atoms with Crippen molar-refractivity contribution in [2.24, 2.45) is 0 Å². The number of rotatable bonds is 5. The van der Waals surface area contributed by atoms with Crippen molar-refractivity contribution in [3.05, 3.63) is 71.1 Å². The van der Waals surface area contributed by atoms with E-state index < -0.39 is 18.0 Å². The Hall–Kier alpha value is -3.19. The highest BCUT2D eigenvalue weighted by molar-refractivity contribution is 7.20. The summed E-state index contributed by atoms with van der Waals surface area (Å²) in [6.45, 7) is -0.233. The number of benzene rings is 2. The molecular weight excluding hydrogens is 364 g/mol. The summed E-state index contributed by atoms with van der Waals surface area (Å²) in [6.07, 6.45) is -0.683. The van der Waals surface area contributed by atoms with Crippen LogP contribution in [0.2, 0.25) is 0 Å². The fourth-order valence-corrected chi connectivity index (χ4v) is 3.95. The van der Waals surface area contributed by atoms with E-state index in [1.165, 1.54) is 11.3 Å². The quantitative estimate of drug-likeness (QED) is 0.737. The molecule has 3 aromatic rings. The van der Waals surface area contributed by atoms with Crippen LogP contribution in [0.5, 0.6) is 0 Å². The number of fused-ring (bicyclic) bond motifs is 1. The smallest absolute Gasteiger partial charge is 0.417 e. The number of nitrogens with zero attached hydrogens (tertiary/aromatic N) is 1. The molecule has 1 fully saturated rings. The van der Waals surface area contributed by atoms with Gasteiger partial charge >= 0.3 is 6.09 Å². The molecule has 1 aliphatic heterocycles. The molecule has 6 nitrogen and oxygen atoms in total. The van der Waals surface area contributed by atoms with Crippen molar-refractivity contribution in [3.63, 3.8) is 0 Å². The van der Waals surface area contributed by atoms with Crippen LogP contribution in [-0.2, 0) is 9.53 Å². The third-order valence-corrected chi connectivity index (χ3v) is 5.48. The third-order valence-electron chi connectivity index (χ3n) is 4.36. The largest absolute Gasteiger partial charge is 0.439 e. The second-order valence-electron chi connectivity index (χ2n) is 6.14. The zero-order valence-corrected chi connectivity index (χ0v) is 15.1. The number of carbonyl (C=O) groups is 3. The van der Waals surface area contributed by atoms with E-state index >= 15 is 0 Å². The molecule has 0 unspecified atom stereocenters. The second kappa shape index (κ2) is 7.20. The fourth-order valence-electron chi connectivity index (χ4n) is 2.98. The van der Waals surface area contributed by atoms with Crippen LogP contribution < -0.4 is 5.32 Å². The maximum absolute atomic E-state index is 12.8. The topological polar surface area (TPSA) is 75.7 Å². The van der Waals surface area contributed by atoms with Gasteiger partial charge in [-0.15, -0.1) is 11.3 Å². The first-order valence-electron chi connectivity index (χ1n) is 8.43. The molecule has 1 saturated heterocycles. The minimum Gasteiger partial charge on any atom is -0.439 e. The summed E-state index contributed by atoms with van der Waals surface area (Å²) in [5.74, 6) is -0.651. The highest BCUT2D eigenvalue weighted by atomic mass is 32.1. The van der Waals surface area contributed by atoms with E-state index in [9.17, 15) is 14.4 Å². The summed E-state index contributed by atoms with van der Waals surface area (Å²) in [7, 11) is 0. The average Bonchev–Trinajstić information content (AvgIpc) is 3.26. The zero-order valence-electron chi connectivity index (χ0n) is 14.3. The van der Waals surface area contributed by atoms with E-state index in [1.807, 2.05) is 60.7 Å². The number of nitrogens with one attached hydrogen (secondary N) is 1. The van der Waals surface area contributed by atoms with Gasteiger partial charge in [-0.1, -0.05) is 48.5 Å². The Labute approximate surface area is 159 Å². The van der Waals surface area contributed by atoms with Gasteiger partial charge in [0, 0.05) is 4.70 Å². The lowest BCUT2D eigenvalue weighted by molar-refractivity contribution is -0.126. The fraction of sp³-hybridized carbons (Fsp3) is 0.150. The van der Waals surface area contributed by atoms with Gasteiger partial charge in [0.15, 0.2) is 6.61 Å². The SMILES string of the molecule is O=C(N[C@H](CN1C(=O)COC1=O)c1ccccc1)c1cc2ccccc2s1. The number of hydrogen-bond donors (Lipinski definition) is 1. The average molecular weight is 380 g/mol. The van der Waals surface area contributed by atoms with Gasteiger partial charge in [-0.3, -0.25) is 9.59 Å².